The molecule has 0 bridgehead atoms. The monoisotopic (exact) mass is 221 g/mol. The Bertz CT molecular complexity index is 324. The van der Waals surface area contributed by atoms with Gasteiger partial charge in [0, 0.05) is 12.7 Å². The van der Waals surface area contributed by atoms with Crippen molar-refractivity contribution in [2.24, 2.45) is 0 Å². The van der Waals surface area contributed by atoms with Crippen molar-refractivity contribution in [2.45, 2.75) is 46.1 Å². The van der Waals surface area contributed by atoms with Gasteiger partial charge in [-0.25, -0.2) is 0 Å². The van der Waals surface area contributed by atoms with E-state index in [-0.39, 0.29) is 0 Å². The first-order valence-corrected chi connectivity index (χ1v) is 6.55. The van der Waals surface area contributed by atoms with Crippen molar-refractivity contribution in [3.8, 4) is 0 Å². The van der Waals surface area contributed by atoms with E-state index in [4.69, 9.17) is 0 Å². The molecule has 0 radical (unpaired) electrons. The molecule has 3 heteroatoms. The summed E-state index contributed by atoms with van der Waals surface area (Å²) in [4.78, 5) is 2.57. The van der Waals surface area contributed by atoms with Crippen molar-refractivity contribution in [3.63, 3.8) is 0 Å². The zero-order valence-electron chi connectivity index (χ0n) is 10.6. The third-order valence-corrected chi connectivity index (χ3v) is 3.44. The van der Waals surface area contributed by atoms with E-state index >= 15 is 0 Å². The van der Waals surface area contributed by atoms with Crippen molar-refractivity contribution < 1.29 is 0 Å². The molecule has 90 valence electrons. The number of aryl methyl sites for hydroxylation is 3. The molecule has 0 unspecified atom stereocenters. The van der Waals surface area contributed by atoms with E-state index in [0.29, 0.717) is 0 Å². The lowest BCUT2D eigenvalue weighted by Gasteiger charge is -2.13. The van der Waals surface area contributed by atoms with Crippen LogP contribution in [0.1, 0.15) is 37.4 Å². The molecule has 0 N–H and O–H groups in total. The van der Waals surface area contributed by atoms with Crippen LogP contribution in [0.3, 0.4) is 0 Å². The quantitative estimate of drug-likeness (QED) is 0.760. The molecule has 1 fully saturated rings. The second kappa shape index (κ2) is 5.48. The molecule has 2 heterocycles. The lowest BCUT2D eigenvalue weighted by atomic mass is 10.2. The maximum Gasteiger partial charge on any atom is 0.0650 e. The molecular weight excluding hydrogens is 198 g/mol. The first kappa shape index (κ1) is 11.6. The molecule has 1 aromatic heterocycles. The largest absolute Gasteiger partial charge is 0.303 e. The number of rotatable bonds is 5. The third-order valence-electron chi connectivity index (χ3n) is 3.44. The summed E-state index contributed by atoms with van der Waals surface area (Å²) >= 11 is 0. The Morgan fingerprint density at radius 2 is 2.00 bits per heavy atom. The second-order valence-electron chi connectivity index (χ2n) is 4.78. The van der Waals surface area contributed by atoms with Gasteiger partial charge in [0.15, 0.2) is 0 Å². The highest BCUT2D eigenvalue weighted by molar-refractivity contribution is 5.14. The molecule has 0 spiro atoms. The average Bonchev–Trinajstić information content (AvgIpc) is 2.88. The highest BCUT2D eigenvalue weighted by Gasteiger charge is 2.10. The van der Waals surface area contributed by atoms with Gasteiger partial charge in [-0.3, -0.25) is 4.68 Å². The summed E-state index contributed by atoms with van der Waals surface area (Å²) in [5, 5.41) is 4.59. The summed E-state index contributed by atoms with van der Waals surface area (Å²) in [6.45, 7) is 9.24. The van der Waals surface area contributed by atoms with Gasteiger partial charge in [0.05, 0.1) is 5.69 Å². The lowest BCUT2D eigenvalue weighted by molar-refractivity contribution is 0.322. The molecule has 1 aliphatic heterocycles. The van der Waals surface area contributed by atoms with Gasteiger partial charge in [0.25, 0.3) is 0 Å². The molecule has 0 atom stereocenters. The van der Waals surface area contributed by atoms with Crippen LogP contribution in [0.5, 0.6) is 0 Å². The molecule has 1 aliphatic rings. The fourth-order valence-electron chi connectivity index (χ4n) is 2.49. The van der Waals surface area contributed by atoms with Gasteiger partial charge >= 0.3 is 0 Å². The van der Waals surface area contributed by atoms with Crippen LogP contribution in [0.4, 0.5) is 0 Å². The predicted molar refractivity (Wildman–Crippen MR) is 66.6 cm³/mol. The van der Waals surface area contributed by atoms with E-state index in [0.717, 1.165) is 13.0 Å². The minimum absolute atomic E-state index is 1.05. The highest BCUT2D eigenvalue weighted by Crippen LogP contribution is 2.09. The highest BCUT2D eigenvalue weighted by atomic mass is 15.3. The summed E-state index contributed by atoms with van der Waals surface area (Å²) in [7, 11) is 0. The van der Waals surface area contributed by atoms with Gasteiger partial charge < -0.3 is 4.90 Å². The summed E-state index contributed by atoms with van der Waals surface area (Å²) in [5.74, 6) is 0. The average molecular weight is 221 g/mol. The maximum absolute atomic E-state index is 4.59. The van der Waals surface area contributed by atoms with Gasteiger partial charge in [-0.1, -0.05) is 6.92 Å². The van der Waals surface area contributed by atoms with E-state index in [2.05, 4.69) is 34.7 Å². The van der Waals surface area contributed by atoms with Crippen molar-refractivity contribution in [1.82, 2.24) is 14.7 Å². The molecule has 2 rings (SSSR count). The standard InChI is InChI=1S/C13H23N3/c1-3-13-12(2)11-16(14-13)10-6-9-15-7-4-5-8-15/h11H,3-10H2,1-2H3. The Kier molecular flexibility index (Phi) is 3.99. The maximum atomic E-state index is 4.59. The van der Waals surface area contributed by atoms with Crippen molar-refractivity contribution in [2.75, 3.05) is 19.6 Å². The van der Waals surface area contributed by atoms with Gasteiger partial charge in [0.2, 0.25) is 0 Å². The molecule has 0 amide bonds. The molecule has 0 aliphatic carbocycles. The molecule has 1 aromatic rings. The number of hydrogen-bond donors (Lipinski definition) is 0. The smallest absolute Gasteiger partial charge is 0.0650 e. The summed E-state index contributed by atoms with van der Waals surface area (Å²) in [6, 6.07) is 0. The zero-order chi connectivity index (χ0) is 11.4. The van der Waals surface area contributed by atoms with Crippen LogP contribution in [0, 0.1) is 6.92 Å². The second-order valence-corrected chi connectivity index (χ2v) is 4.78. The van der Waals surface area contributed by atoms with Gasteiger partial charge in [-0.05, 0) is 57.8 Å². The first-order valence-electron chi connectivity index (χ1n) is 6.55. The van der Waals surface area contributed by atoms with Crippen LogP contribution in [0.25, 0.3) is 0 Å². The summed E-state index contributed by atoms with van der Waals surface area (Å²) < 4.78 is 2.12. The minimum atomic E-state index is 1.05. The molecule has 3 nitrogen and oxygen atoms in total. The molecular formula is C13H23N3. The van der Waals surface area contributed by atoms with Crippen LogP contribution >= 0.6 is 0 Å². The molecule has 1 saturated heterocycles. The predicted octanol–water partition coefficient (Wildman–Crippen LogP) is 2.24. The van der Waals surface area contributed by atoms with Gasteiger partial charge in [-0.2, -0.15) is 5.10 Å². The van der Waals surface area contributed by atoms with Crippen LogP contribution in [-0.2, 0) is 13.0 Å². The zero-order valence-corrected chi connectivity index (χ0v) is 10.6. The Morgan fingerprint density at radius 3 is 2.62 bits per heavy atom. The normalized spacial score (nSPS) is 17.1. The molecule has 16 heavy (non-hydrogen) atoms. The van der Waals surface area contributed by atoms with Crippen LogP contribution in [0.2, 0.25) is 0 Å². The van der Waals surface area contributed by atoms with Crippen LogP contribution < -0.4 is 0 Å². The topological polar surface area (TPSA) is 21.1 Å². The summed E-state index contributed by atoms with van der Waals surface area (Å²) in [6.07, 6.45) is 7.24. The Morgan fingerprint density at radius 1 is 1.25 bits per heavy atom. The Hall–Kier alpha value is -0.830. The van der Waals surface area contributed by atoms with E-state index in [1.807, 2.05) is 0 Å². The van der Waals surface area contributed by atoms with Crippen molar-refractivity contribution in [3.05, 3.63) is 17.5 Å². The van der Waals surface area contributed by atoms with Crippen molar-refractivity contribution in [1.29, 1.82) is 0 Å². The Labute approximate surface area is 98.4 Å². The lowest BCUT2D eigenvalue weighted by Crippen LogP contribution is -2.21. The Balaban J connectivity index is 1.75. The van der Waals surface area contributed by atoms with Crippen LogP contribution in [0.15, 0.2) is 6.20 Å². The van der Waals surface area contributed by atoms with Crippen LogP contribution in [-0.4, -0.2) is 34.3 Å². The summed E-state index contributed by atoms with van der Waals surface area (Å²) in [5.41, 5.74) is 2.59. The first-order chi connectivity index (χ1) is 7.79. The minimum Gasteiger partial charge on any atom is -0.303 e. The van der Waals surface area contributed by atoms with E-state index < -0.39 is 0 Å². The number of aromatic nitrogens is 2. The van der Waals surface area contributed by atoms with E-state index in [9.17, 15) is 0 Å². The molecule has 0 saturated carbocycles. The van der Waals surface area contributed by atoms with E-state index in [1.54, 1.807) is 0 Å². The molecule has 0 aromatic carbocycles. The fraction of sp³-hybridized carbons (Fsp3) is 0.769. The fourth-order valence-corrected chi connectivity index (χ4v) is 2.49. The SMILES string of the molecule is CCc1nn(CCCN2CCCC2)cc1C. The van der Waals surface area contributed by atoms with Crippen molar-refractivity contribution >= 4 is 0 Å². The number of likely N-dealkylation sites (tertiary alicyclic amines) is 1. The van der Waals surface area contributed by atoms with E-state index in [1.165, 1.54) is 50.2 Å². The number of hydrogen-bond acceptors (Lipinski definition) is 2. The third kappa shape index (κ3) is 2.85. The van der Waals surface area contributed by atoms with Gasteiger partial charge in [-0.15, -0.1) is 0 Å². The number of nitrogens with zero attached hydrogens (tertiary/aromatic N) is 3. The van der Waals surface area contributed by atoms with Gasteiger partial charge in [0.1, 0.15) is 0 Å².